The molecule has 0 aromatic heterocycles. The Bertz CT molecular complexity index is 977. The average Bonchev–Trinajstić information content (AvgIpc) is 3.28. The van der Waals surface area contributed by atoms with Gasteiger partial charge in [-0.2, -0.15) is 0 Å². The van der Waals surface area contributed by atoms with Gasteiger partial charge in [-0.15, -0.1) is 0 Å². The maximum Gasteiger partial charge on any atom is 0.408 e. The molecule has 4 N–H and O–H groups in total. The number of rotatable bonds is 15. The number of ketones is 1. The number of aliphatic hydroxyl groups excluding tert-OH is 1. The van der Waals surface area contributed by atoms with Crippen LogP contribution in [0.25, 0.3) is 0 Å². The van der Waals surface area contributed by atoms with Crippen molar-refractivity contribution in [3.05, 3.63) is 35.9 Å². The smallest absolute Gasteiger partial charge is 0.408 e. The average molecular weight is 562 g/mol. The van der Waals surface area contributed by atoms with E-state index in [-0.39, 0.29) is 49.1 Å². The molecule has 0 aliphatic carbocycles. The Balaban J connectivity index is 2.12. The van der Waals surface area contributed by atoms with E-state index < -0.39 is 35.8 Å². The summed E-state index contributed by atoms with van der Waals surface area (Å²) in [5.74, 6) is -1.65. The number of aliphatic hydroxyl groups is 1. The molecule has 3 amide bonds. The molecule has 10 nitrogen and oxygen atoms in total. The summed E-state index contributed by atoms with van der Waals surface area (Å²) in [7, 11) is 0. The van der Waals surface area contributed by atoms with Gasteiger partial charge in [-0.1, -0.05) is 44.2 Å². The number of carbonyl (C=O) groups excluding carboxylic acids is 4. The Hall–Kier alpha value is -2.98. The van der Waals surface area contributed by atoms with Crippen molar-refractivity contribution < 1.29 is 33.8 Å². The van der Waals surface area contributed by atoms with E-state index in [0.29, 0.717) is 25.8 Å². The molecule has 1 aromatic rings. The maximum atomic E-state index is 13.6. The highest BCUT2D eigenvalue weighted by Crippen LogP contribution is 2.22. The first-order valence-electron chi connectivity index (χ1n) is 14.2. The molecule has 1 heterocycles. The van der Waals surface area contributed by atoms with E-state index >= 15 is 0 Å². The highest BCUT2D eigenvalue weighted by Gasteiger charge is 2.35. The van der Waals surface area contributed by atoms with Crippen molar-refractivity contribution in [1.29, 1.82) is 0 Å². The first-order valence-corrected chi connectivity index (χ1v) is 14.2. The SMILES string of the molecule is CC(C)C[C@H](CC(=O)[C@@H](NC(=O)OCc1ccccc1)[C@@H](C)OC(C)(C)C)C(=O)N[C@H](CO)C[C@@H]1CCNC1=O. The van der Waals surface area contributed by atoms with E-state index in [1.54, 1.807) is 6.92 Å². The fourth-order valence-electron chi connectivity index (χ4n) is 4.91. The standard InChI is InChI=1S/C30H47N3O7/c1-19(2)14-23(28(37)32-24(17-34)15-22-12-13-31-27(22)36)16-25(35)26(20(3)40-30(4,5)6)33-29(38)39-18-21-10-8-7-9-11-21/h7-11,19-20,22-24,26,34H,12-18H2,1-6H3,(H,31,36)(H,32,37)(H,33,38)/t20-,22+,23-,24+,26+/m1/s1. The molecule has 0 unspecified atom stereocenters. The molecular formula is C30H47N3O7. The second-order valence-electron chi connectivity index (χ2n) is 12.0. The van der Waals surface area contributed by atoms with E-state index in [9.17, 15) is 24.3 Å². The largest absolute Gasteiger partial charge is 0.445 e. The number of nitrogens with one attached hydrogen (secondary N) is 3. The summed E-state index contributed by atoms with van der Waals surface area (Å²) in [5, 5.41) is 18.1. The number of hydrogen-bond donors (Lipinski definition) is 4. The minimum Gasteiger partial charge on any atom is -0.445 e. The van der Waals surface area contributed by atoms with Crippen LogP contribution in [0, 0.1) is 17.8 Å². The van der Waals surface area contributed by atoms with Gasteiger partial charge >= 0.3 is 6.09 Å². The summed E-state index contributed by atoms with van der Waals surface area (Å²) in [5.41, 5.74) is 0.227. The van der Waals surface area contributed by atoms with Crippen molar-refractivity contribution >= 4 is 23.7 Å². The Morgan fingerprint density at radius 1 is 1.10 bits per heavy atom. The molecule has 1 saturated heterocycles. The van der Waals surface area contributed by atoms with Crippen molar-refractivity contribution in [3.63, 3.8) is 0 Å². The molecule has 5 atom stereocenters. The van der Waals surface area contributed by atoms with Crippen LogP contribution in [0.4, 0.5) is 4.79 Å². The highest BCUT2D eigenvalue weighted by molar-refractivity contribution is 5.92. The molecule has 1 aromatic carbocycles. The summed E-state index contributed by atoms with van der Waals surface area (Å²) in [6.07, 6.45) is -0.174. The zero-order valence-corrected chi connectivity index (χ0v) is 24.7. The number of ether oxygens (including phenoxy) is 2. The van der Waals surface area contributed by atoms with Gasteiger partial charge in [0, 0.05) is 24.8 Å². The van der Waals surface area contributed by atoms with Crippen LogP contribution >= 0.6 is 0 Å². The molecule has 1 fully saturated rings. The molecule has 1 aliphatic heterocycles. The van der Waals surface area contributed by atoms with Crippen LogP contribution in [0.5, 0.6) is 0 Å². The Morgan fingerprint density at radius 2 is 1.77 bits per heavy atom. The summed E-state index contributed by atoms with van der Waals surface area (Å²) in [6.45, 7) is 11.5. The van der Waals surface area contributed by atoms with E-state index in [2.05, 4.69) is 16.0 Å². The van der Waals surface area contributed by atoms with Crippen LogP contribution < -0.4 is 16.0 Å². The quantitative estimate of drug-likeness (QED) is 0.258. The highest BCUT2D eigenvalue weighted by atomic mass is 16.5. The molecule has 0 saturated carbocycles. The van der Waals surface area contributed by atoms with Crippen molar-refractivity contribution in [2.75, 3.05) is 13.2 Å². The first-order chi connectivity index (χ1) is 18.8. The first kappa shape index (κ1) is 33.2. The van der Waals surface area contributed by atoms with Gasteiger partial charge in [0.1, 0.15) is 12.6 Å². The lowest BCUT2D eigenvalue weighted by Gasteiger charge is -2.31. The number of benzene rings is 1. The van der Waals surface area contributed by atoms with Gasteiger partial charge in [0.2, 0.25) is 11.8 Å². The second kappa shape index (κ2) is 15.7. The normalized spacial score (nSPS) is 18.4. The van der Waals surface area contributed by atoms with E-state index in [1.165, 1.54) is 0 Å². The molecule has 40 heavy (non-hydrogen) atoms. The summed E-state index contributed by atoms with van der Waals surface area (Å²) < 4.78 is 11.4. The Kier molecular flexibility index (Phi) is 13.1. The summed E-state index contributed by atoms with van der Waals surface area (Å²) in [4.78, 5) is 51.6. The Morgan fingerprint density at radius 3 is 2.33 bits per heavy atom. The number of Topliss-reactive ketones (excluding diaryl/α,β-unsaturated/α-hetero) is 1. The molecular weight excluding hydrogens is 514 g/mol. The topological polar surface area (TPSA) is 143 Å². The fraction of sp³-hybridized carbons (Fsp3) is 0.667. The van der Waals surface area contributed by atoms with Crippen LogP contribution in [0.2, 0.25) is 0 Å². The van der Waals surface area contributed by atoms with E-state index in [4.69, 9.17) is 9.47 Å². The van der Waals surface area contributed by atoms with Crippen molar-refractivity contribution in [2.45, 2.75) is 97.6 Å². The third-order valence-electron chi connectivity index (χ3n) is 6.71. The van der Waals surface area contributed by atoms with E-state index in [0.717, 1.165) is 5.56 Å². The lowest BCUT2D eigenvalue weighted by atomic mass is 9.88. The third-order valence-corrected chi connectivity index (χ3v) is 6.71. The fourth-order valence-corrected chi connectivity index (χ4v) is 4.91. The van der Waals surface area contributed by atoms with Gasteiger partial charge < -0.3 is 30.5 Å². The minimum absolute atomic E-state index is 0.0437. The van der Waals surface area contributed by atoms with Crippen molar-refractivity contribution in [2.24, 2.45) is 17.8 Å². The van der Waals surface area contributed by atoms with Gasteiger partial charge in [-0.3, -0.25) is 14.4 Å². The van der Waals surface area contributed by atoms with Crippen LogP contribution in [0.15, 0.2) is 30.3 Å². The van der Waals surface area contributed by atoms with Crippen LogP contribution in [-0.4, -0.2) is 65.7 Å². The van der Waals surface area contributed by atoms with Gasteiger partial charge in [-0.25, -0.2) is 4.79 Å². The van der Waals surface area contributed by atoms with Crippen LogP contribution in [0.3, 0.4) is 0 Å². The lowest BCUT2D eigenvalue weighted by molar-refractivity contribution is -0.135. The molecule has 2 rings (SSSR count). The van der Waals surface area contributed by atoms with Gasteiger partial charge in [0.15, 0.2) is 5.78 Å². The molecule has 10 heteroatoms. The molecule has 224 valence electrons. The number of carbonyl (C=O) groups is 4. The minimum atomic E-state index is -1.04. The predicted octanol–water partition coefficient (Wildman–Crippen LogP) is 3.11. The zero-order chi connectivity index (χ0) is 29.9. The number of amides is 3. The monoisotopic (exact) mass is 561 g/mol. The number of alkyl carbamates (subject to hydrolysis) is 1. The summed E-state index contributed by atoms with van der Waals surface area (Å²) >= 11 is 0. The second-order valence-corrected chi connectivity index (χ2v) is 12.0. The molecule has 0 bridgehead atoms. The third kappa shape index (κ3) is 11.6. The summed E-state index contributed by atoms with van der Waals surface area (Å²) in [6, 6.07) is 7.56. The zero-order valence-electron chi connectivity index (χ0n) is 24.7. The van der Waals surface area contributed by atoms with Gasteiger partial charge in [-0.05, 0) is 58.4 Å². The van der Waals surface area contributed by atoms with Crippen LogP contribution in [0.1, 0.15) is 72.8 Å². The predicted molar refractivity (Wildman–Crippen MR) is 151 cm³/mol. The van der Waals surface area contributed by atoms with E-state index in [1.807, 2.05) is 65.0 Å². The van der Waals surface area contributed by atoms with Crippen molar-refractivity contribution in [1.82, 2.24) is 16.0 Å². The number of hydrogen-bond acceptors (Lipinski definition) is 7. The Labute approximate surface area is 238 Å². The van der Waals surface area contributed by atoms with Crippen LogP contribution in [-0.2, 0) is 30.5 Å². The van der Waals surface area contributed by atoms with Gasteiger partial charge in [0.25, 0.3) is 0 Å². The molecule has 0 spiro atoms. The maximum absolute atomic E-state index is 13.6. The molecule has 0 radical (unpaired) electrons. The molecule has 1 aliphatic rings. The van der Waals surface area contributed by atoms with Crippen molar-refractivity contribution in [3.8, 4) is 0 Å². The van der Waals surface area contributed by atoms with Gasteiger partial charge in [0.05, 0.1) is 24.4 Å². The lowest BCUT2D eigenvalue weighted by Crippen LogP contribution is -2.51.